The molecule has 1 unspecified atom stereocenters. The van der Waals surface area contributed by atoms with Crippen LogP contribution < -0.4 is 0 Å². The van der Waals surface area contributed by atoms with E-state index in [-0.39, 0.29) is 30.5 Å². The minimum absolute atomic E-state index is 0.0739. The fourth-order valence-electron chi connectivity index (χ4n) is 2.02. The highest BCUT2D eigenvalue weighted by Gasteiger charge is 2.21. The van der Waals surface area contributed by atoms with Gasteiger partial charge in [0.25, 0.3) is 0 Å². The molecule has 1 aromatic rings. The van der Waals surface area contributed by atoms with Crippen LogP contribution in [0, 0.1) is 0 Å². The highest BCUT2D eigenvalue weighted by atomic mass is 16.4. The zero-order valence-corrected chi connectivity index (χ0v) is 11.2. The fourth-order valence-corrected chi connectivity index (χ4v) is 2.02. The van der Waals surface area contributed by atoms with Crippen molar-refractivity contribution in [2.24, 2.45) is 0 Å². The molecule has 0 fully saturated rings. The van der Waals surface area contributed by atoms with Crippen LogP contribution in [0.1, 0.15) is 25.8 Å². The maximum absolute atomic E-state index is 12.1. The third kappa shape index (κ3) is 4.28. The normalized spacial score (nSPS) is 11.9. The van der Waals surface area contributed by atoms with Gasteiger partial charge in [0.05, 0.1) is 12.8 Å². The summed E-state index contributed by atoms with van der Waals surface area (Å²) in [7, 11) is 0. The lowest BCUT2D eigenvalue weighted by atomic mass is 10.1. The Morgan fingerprint density at radius 2 is 1.95 bits per heavy atom. The van der Waals surface area contributed by atoms with E-state index in [1.165, 1.54) is 11.0 Å². The van der Waals surface area contributed by atoms with E-state index in [4.69, 9.17) is 5.11 Å². The summed E-state index contributed by atoms with van der Waals surface area (Å²) >= 11 is 0. The Morgan fingerprint density at radius 1 is 1.32 bits per heavy atom. The number of amides is 1. The highest BCUT2D eigenvalue weighted by Crippen LogP contribution is 2.17. The Morgan fingerprint density at radius 3 is 2.47 bits per heavy atom. The number of aromatic hydroxyl groups is 1. The van der Waals surface area contributed by atoms with Gasteiger partial charge in [0, 0.05) is 18.2 Å². The second kappa shape index (κ2) is 6.78. The molecule has 19 heavy (non-hydrogen) atoms. The van der Waals surface area contributed by atoms with Gasteiger partial charge in [-0.1, -0.05) is 18.2 Å². The van der Waals surface area contributed by atoms with Gasteiger partial charge in [0.1, 0.15) is 5.75 Å². The quantitative estimate of drug-likeness (QED) is 0.819. The van der Waals surface area contributed by atoms with Crippen molar-refractivity contribution in [1.82, 2.24) is 4.90 Å². The lowest BCUT2D eigenvalue weighted by Crippen LogP contribution is -2.40. The molecule has 0 aliphatic carbocycles. The first kappa shape index (κ1) is 15.0. The molecule has 0 saturated carbocycles. The van der Waals surface area contributed by atoms with Gasteiger partial charge in [0.2, 0.25) is 5.91 Å². The molecular formula is C14H19NO4. The Bertz CT molecular complexity index is 459. The van der Waals surface area contributed by atoms with E-state index in [0.29, 0.717) is 12.1 Å². The van der Waals surface area contributed by atoms with Crippen LogP contribution in [0.5, 0.6) is 5.75 Å². The standard InChI is InChI=1S/C14H19NO4/c1-3-15(10(2)8-14(18)19)13(17)9-11-6-4-5-7-12(11)16/h4-7,10,16H,3,8-9H2,1-2H3,(H,18,19). The van der Waals surface area contributed by atoms with E-state index in [1.807, 2.05) is 0 Å². The Kier molecular flexibility index (Phi) is 5.36. The summed E-state index contributed by atoms with van der Waals surface area (Å²) in [6.07, 6.45) is -0.00910. The largest absolute Gasteiger partial charge is 0.508 e. The molecule has 0 aliphatic rings. The predicted molar refractivity (Wildman–Crippen MR) is 70.9 cm³/mol. The summed E-state index contributed by atoms with van der Waals surface area (Å²) < 4.78 is 0. The highest BCUT2D eigenvalue weighted by molar-refractivity contribution is 5.80. The molecule has 1 aromatic carbocycles. The average Bonchev–Trinajstić information content (AvgIpc) is 2.32. The van der Waals surface area contributed by atoms with Crippen LogP contribution in [0.15, 0.2) is 24.3 Å². The van der Waals surface area contributed by atoms with Gasteiger partial charge in [-0.25, -0.2) is 0 Å². The zero-order valence-electron chi connectivity index (χ0n) is 11.2. The lowest BCUT2D eigenvalue weighted by molar-refractivity contribution is -0.140. The molecule has 1 rings (SSSR count). The number of carbonyl (C=O) groups is 2. The number of phenols is 1. The van der Waals surface area contributed by atoms with Crippen molar-refractivity contribution in [1.29, 1.82) is 0 Å². The van der Waals surface area contributed by atoms with E-state index in [0.717, 1.165) is 0 Å². The summed E-state index contributed by atoms with van der Waals surface area (Å²) in [6.45, 7) is 3.96. The van der Waals surface area contributed by atoms with E-state index >= 15 is 0 Å². The molecule has 5 nitrogen and oxygen atoms in total. The maximum Gasteiger partial charge on any atom is 0.305 e. The summed E-state index contributed by atoms with van der Waals surface area (Å²) in [6, 6.07) is 6.29. The van der Waals surface area contributed by atoms with Gasteiger partial charge < -0.3 is 15.1 Å². The fraction of sp³-hybridized carbons (Fsp3) is 0.429. The molecule has 1 amide bonds. The smallest absolute Gasteiger partial charge is 0.305 e. The second-order valence-corrected chi connectivity index (χ2v) is 4.43. The molecular weight excluding hydrogens is 246 g/mol. The van der Waals surface area contributed by atoms with Gasteiger partial charge in [-0.2, -0.15) is 0 Å². The van der Waals surface area contributed by atoms with Crippen molar-refractivity contribution in [2.75, 3.05) is 6.54 Å². The monoisotopic (exact) mass is 265 g/mol. The number of benzene rings is 1. The minimum atomic E-state index is -0.929. The molecule has 0 radical (unpaired) electrons. The van der Waals surface area contributed by atoms with Crippen LogP contribution in [-0.4, -0.2) is 39.6 Å². The number of carboxylic acids is 1. The molecule has 0 bridgehead atoms. The number of carboxylic acid groups (broad SMARTS) is 1. The molecule has 0 aromatic heterocycles. The molecule has 1 atom stereocenters. The number of phenolic OH excluding ortho intramolecular Hbond substituents is 1. The molecule has 104 valence electrons. The maximum atomic E-state index is 12.1. The number of rotatable bonds is 6. The second-order valence-electron chi connectivity index (χ2n) is 4.43. The van der Waals surface area contributed by atoms with Gasteiger partial charge in [-0.15, -0.1) is 0 Å². The Labute approximate surface area is 112 Å². The van der Waals surface area contributed by atoms with E-state index in [9.17, 15) is 14.7 Å². The SMILES string of the molecule is CCN(C(=O)Cc1ccccc1O)C(C)CC(=O)O. The van der Waals surface area contributed by atoms with Crippen molar-refractivity contribution in [3.63, 3.8) is 0 Å². The first-order chi connectivity index (χ1) is 8.95. The van der Waals surface area contributed by atoms with Crippen molar-refractivity contribution >= 4 is 11.9 Å². The minimum Gasteiger partial charge on any atom is -0.508 e. The van der Waals surface area contributed by atoms with Crippen LogP contribution in [-0.2, 0) is 16.0 Å². The zero-order chi connectivity index (χ0) is 14.4. The first-order valence-corrected chi connectivity index (χ1v) is 6.23. The lowest BCUT2D eigenvalue weighted by Gasteiger charge is -2.27. The number of aliphatic carboxylic acids is 1. The van der Waals surface area contributed by atoms with Crippen molar-refractivity contribution in [2.45, 2.75) is 32.7 Å². The van der Waals surface area contributed by atoms with E-state index < -0.39 is 5.97 Å². The van der Waals surface area contributed by atoms with Crippen LogP contribution >= 0.6 is 0 Å². The Hall–Kier alpha value is -2.04. The molecule has 0 saturated heterocycles. The number of hydrogen-bond acceptors (Lipinski definition) is 3. The number of likely N-dealkylation sites (N-methyl/N-ethyl adjacent to an activating group) is 1. The van der Waals surface area contributed by atoms with E-state index in [2.05, 4.69) is 0 Å². The van der Waals surface area contributed by atoms with Crippen LogP contribution in [0.2, 0.25) is 0 Å². The summed E-state index contributed by atoms with van der Waals surface area (Å²) in [5, 5.41) is 18.4. The topological polar surface area (TPSA) is 77.8 Å². The Balaban J connectivity index is 2.74. The number of para-hydroxylation sites is 1. The predicted octanol–water partition coefficient (Wildman–Crippen LogP) is 1.65. The molecule has 2 N–H and O–H groups in total. The van der Waals surface area contributed by atoms with Gasteiger partial charge in [-0.3, -0.25) is 9.59 Å². The van der Waals surface area contributed by atoms with Crippen molar-refractivity contribution in [3.05, 3.63) is 29.8 Å². The van der Waals surface area contributed by atoms with Crippen LogP contribution in [0.4, 0.5) is 0 Å². The average molecular weight is 265 g/mol. The summed E-state index contributed by atoms with van der Waals surface area (Å²) in [5.41, 5.74) is 0.550. The van der Waals surface area contributed by atoms with Gasteiger partial charge >= 0.3 is 5.97 Å². The summed E-state index contributed by atoms with van der Waals surface area (Å²) in [4.78, 5) is 24.3. The molecule has 0 heterocycles. The molecule has 0 spiro atoms. The van der Waals surface area contributed by atoms with Gasteiger partial charge in [-0.05, 0) is 19.9 Å². The van der Waals surface area contributed by atoms with Crippen LogP contribution in [0.25, 0.3) is 0 Å². The summed E-state index contributed by atoms with van der Waals surface area (Å²) in [5.74, 6) is -1.03. The van der Waals surface area contributed by atoms with Crippen molar-refractivity contribution < 1.29 is 19.8 Å². The van der Waals surface area contributed by atoms with E-state index in [1.54, 1.807) is 32.0 Å². The number of nitrogens with zero attached hydrogens (tertiary/aromatic N) is 1. The van der Waals surface area contributed by atoms with Crippen LogP contribution in [0.3, 0.4) is 0 Å². The first-order valence-electron chi connectivity index (χ1n) is 6.23. The number of carbonyl (C=O) groups excluding carboxylic acids is 1. The van der Waals surface area contributed by atoms with Gasteiger partial charge in [0.15, 0.2) is 0 Å². The molecule has 5 heteroatoms. The molecule has 0 aliphatic heterocycles. The third-order valence-electron chi connectivity index (χ3n) is 3.00. The number of hydrogen-bond donors (Lipinski definition) is 2. The van der Waals surface area contributed by atoms with Crippen molar-refractivity contribution in [3.8, 4) is 5.75 Å². The third-order valence-corrected chi connectivity index (χ3v) is 3.00.